The van der Waals surface area contributed by atoms with Crippen molar-refractivity contribution in [3.63, 3.8) is 0 Å². The second-order valence-electron chi connectivity index (χ2n) is 3.92. The number of hydroxylamine groups is 2. The molecule has 1 saturated carbocycles. The van der Waals surface area contributed by atoms with Crippen LogP contribution in [0, 0.1) is 11.8 Å². The van der Waals surface area contributed by atoms with Gasteiger partial charge in [0.05, 0.1) is 12.6 Å². The summed E-state index contributed by atoms with van der Waals surface area (Å²) in [6.45, 7) is 7.23. The first-order valence-electron chi connectivity index (χ1n) is 4.83. The van der Waals surface area contributed by atoms with Crippen LogP contribution in [0.3, 0.4) is 0 Å². The van der Waals surface area contributed by atoms with Gasteiger partial charge in [-0.05, 0) is 18.8 Å². The lowest BCUT2D eigenvalue weighted by atomic mass is 10.3. The fourth-order valence-electron chi connectivity index (χ4n) is 2.06. The first-order valence-corrected chi connectivity index (χ1v) is 4.83. The number of rotatable bonds is 2. The summed E-state index contributed by atoms with van der Waals surface area (Å²) in [5.41, 5.74) is 0. The molecule has 0 aromatic rings. The molecule has 0 radical (unpaired) electrons. The van der Waals surface area contributed by atoms with Gasteiger partial charge in [-0.25, -0.2) is 0 Å². The average Bonchev–Trinajstić information content (AvgIpc) is 2.49. The minimum atomic E-state index is 0.232. The van der Waals surface area contributed by atoms with Crippen molar-refractivity contribution < 1.29 is 9.68 Å². The largest absolute Gasteiger partial charge is 0.271 e. The Morgan fingerprint density at radius 3 is 2.58 bits per heavy atom. The van der Waals surface area contributed by atoms with Gasteiger partial charge in [-0.3, -0.25) is 9.68 Å². The zero-order chi connectivity index (χ0) is 8.72. The molecule has 1 aliphatic heterocycles. The first-order chi connectivity index (χ1) is 5.74. The van der Waals surface area contributed by atoms with E-state index in [1.165, 1.54) is 6.42 Å². The fraction of sp³-hybridized carbons (Fsp3) is 1.00. The predicted octanol–water partition coefficient (Wildman–Crippen LogP) is 1.60. The minimum Gasteiger partial charge on any atom is -0.271 e. The molecule has 1 aliphatic carbocycles. The molecule has 0 N–H and O–H groups in total. The molecule has 12 heavy (non-hydrogen) atoms. The van der Waals surface area contributed by atoms with Crippen LogP contribution in [0.1, 0.15) is 27.2 Å². The molecule has 1 saturated heterocycles. The van der Waals surface area contributed by atoms with Crippen LogP contribution in [-0.4, -0.2) is 24.0 Å². The minimum absolute atomic E-state index is 0.232. The second-order valence-corrected chi connectivity index (χ2v) is 3.92. The van der Waals surface area contributed by atoms with Crippen molar-refractivity contribution in [2.24, 2.45) is 11.8 Å². The summed E-state index contributed by atoms with van der Waals surface area (Å²) in [6.07, 6.45) is 1.46. The van der Waals surface area contributed by atoms with Crippen molar-refractivity contribution in [1.82, 2.24) is 5.23 Å². The van der Waals surface area contributed by atoms with Crippen molar-refractivity contribution >= 4 is 0 Å². The van der Waals surface area contributed by atoms with Gasteiger partial charge in [0.1, 0.15) is 6.10 Å². The maximum Gasteiger partial charge on any atom is 0.105 e. The lowest BCUT2D eigenvalue weighted by Gasteiger charge is -2.12. The zero-order valence-electron chi connectivity index (χ0n) is 7.99. The van der Waals surface area contributed by atoms with Crippen LogP contribution in [0.5, 0.6) is 0 Å². The van der Waals surface area contributed by atoms with Crippen molar-refractivity contribution in [2.75, 3.05) is 6.61 Å². The van der Waals surface area contributed by atoms with Crippen LogP contribution in [-0.2, 0) is 9.68 Å². The van der Waals surface area contributed by atoms with E-state index in [-0.39, 0.29) is 6.10 Å². The maximum absolute atomic E-state index is 5.50. The topological polar surface area (TPSA) is 21.7 Å². The SMILES string of the molecule is CCC1C(C)C1N1OCC(C)O1. The summed E-state index contributed by atoms with van der Waals surface area (Å²) >= 11 is 0. The van der Waals surface area contributed by atoms with Gasteiger partial charge in [-0.2, -0.15) is 0 Å². The molecule has 3 nitrogen and oxygen atoms in total. The van der Waals surface area contributed by atoms with E-state index in [1.807, 2.05) is 6.92 Å². The summed E-state index contributed by atoms with van der Waals surface area (Å²) < 4.78 is 0. The van der Waals surface area contributed by atoms with Crippen LogP contribution < -0.4 is 0 Å². The van der Waals surface area contributed by atoms with Crippen LogP contribution in [0.4, 0.5) is 0 Å². The monoisotopic (exact) mass is 171 g/mol. The van der Waals surface area contributed by atoms with Gasteiger partial charge in [0, 0.05) is 0 Å². The van der Waals surface area contributed by atoms with Gasteiger partial charge in [-0.15, -0.1) is 0 Å². The van der Waals surface area contributed by atoms with E-state index in [1.54, 1.807) is 5.23 Å². The Kier molecular flexibility index (Phi) is 2.10. The summed E-state index contributed by atoms with van der Waals surface area (Å²) in [6, 6.07) is 0.514. The third-order valence-corrected chi connectivity index (χ3v) is 2.95. The molecule has 4 atom stereocenters. The van der Waals surface area contributed by atoms with E-state index in [0.717, 1.165) is 11.8 Å². The Hall–Kier alpha value is -0.120. The molecule has 0 amide bonds. The van der Waals surface area contributed by atoms with Crippen molar-refractivity contribution in [3.8, 4) is 0 Å². The molecule has 2 aliphatic rings. The highest BCUT2D eigenvalue weighted by atomic mass is 17.0. The van der Waals surface area contributed by atoms with E-state index in [0.29, 0.717) is 12.6 Å². The molecule has 2 rings (SSSR count). The molecular formula is C9H17NO2. The van der Waals surface area contributed by atoms with Crippen LogP contribution in [0.25, 0.3) is 0 Å². The number of nitrogens with zero attached hydrogens (tertiary/aromatic N) is 1. The normalized spacial score (nSPS) is 48.2. The molecule has 3 heteroatoms. The van der Waals surface area contributed by atoms with E-state index in [2.05, 4.69) is 13.8 Å². The zero-order valence-corrected chi connectivity index (χ0v) is 7.99. The molecule has 70 valence electrons. The number of hydrogen-bond acceptors (Lipinski definition) is 3. The number of hydrogen-bond donors (Lipinski definition) is 0. The van der Waals surface area contributed by atoms with Crippen molar-refractivity contribution in [1.29, 1.82) is 0 Å². The summed E-state index contributed by atoms with van der Waals surface area (Å²) in [5.74, 6) is 1.51. The van der Waals surface area contributed by atoms with Crippen LogP contribution >= 0.6 is 0 Å². The third kappa shape index (κ3) is 1.26. The van der Waals surface area contributed by atoms with E-state index < -0.39 is 0 Å². The van der Waals surface area contributed by atoms with E-state index in [9.17, 15) is 0 Å². The summed E-state index contributed by atoms with van der Waals surface area (Å²) in [7, 11) is 0. The third-order valence-electron chi connectivity index (χ3n) is 2.95. The smallest absolute Gasteiger partial charge is 0.105 e. The summed E-state index contributed by atoms with van der Waals surface area (Å²) in [5, 5.41) is 1.73. The second kappa shape index (κ2) is 2.98. The molecule has 0 aromatic heterocycles. The Morgan fingerprint density at radius 1 is 1.42 bits per heavy atom. The molecule has 0 spiro atoms. The van der Waals surface area contributed by atoms with Gasteiger partial charge in [-0.1, -0.05) is 25.5 Å². The fourth-order valence-corrected chi connectivity index (χ4v) is 2.06. The van der Waals surface area contributed by atoms with E-state index in [4.69, 9.17) is 9.68 Å². The molecule has 1 heterocycles. The highest BCUT2D eigenvalue weighted by molar-refractivity contribution is 4.97. The average molecular weight is 171 g/mol. The molecule has 2 fully saturated rings. The molecule has 0 bridgehead atoms. The highest BCUT2D eigenvalue weighted by Gasteiger charge is 2.52. The lowest BCUT2D eigenvalue weighted by molar-refractivity contribution is -0.317. The van der Waals surface area contributed by atoms with Crippen LogP contribution in [0.15, 0.2) is 0 Å². The van der Waals surface area contributed by atoms with Gasteiger partial charge in [0.25, 0.3) is 0 Å². The lowest BCUT2D eigenvalue weighted by Crippen LogP contribution is -2.22. The Labute approximate surface area is 73.5 Å². The standard InChI is InChI=1S/C9H17NO2/c1-4-8-7(3)9(8)10-11-5-6(2)12-10/h6-9H,4-5H2,1-3H3. The molecule has 0 aromatic carbocycles. The molecular weight excluding hydrogens is 154 g/mol. The van der Waals surface area contributed by atoms with Crippen LogP contribution in [0.2, 0.25) is 0 Å². The maximum atomic E-state index is 5.50. The van der Waals surface area contributed by atoms with Crippen molar-refractivity contribution in [2.45, 2.75) is 39.3 Å². The van der Waals surface area contributed by atoms with Gasteiger partial charge in [0.15, 0.2) is 0 Å². The highest BCUT2D eigenvalue weighted by Crippen LogP contribution is 2.46. The Bertz CT molecular complexity index is 174. The van der Waals surface area contributed by atoms with Crippen molar-refractivity contribution in [3.05, 3.63) is 0 Å². The predicted molar refractivity (Wildman–Crippen MR) is 45.1 cm³/mol. The molecule has 4 unspecified atom stereocenters. The first kappa shape index (κ1) is 8.48. The quantitative estimate of drug-likeness (QED) is 0.630. The van der Waals surface area contributed by atoms with Gasteiger partial charge >= 0.3 is 0 Å². The Morgan fingerprint density at radius 2 is 2.17 bits per heavy atom. The van der Waals surface area contributed by atoms with E-state index >= 15 is 0 Å². The van der Waals surface area contributed by atoms with Gasteiger partial charge in [0.2, 0.25) is 0 Å². The Balaban J connectivity index is 1.87. The van der Waals surface area contributed by atoms with Gasteiger partial charge < -0.3 is 0 Å². The summed E-state index contributed by atoms with van der Waals surface area (Å²) in [4.78, 5) is 10.9.